The standard InChI is InChI=1S/C18H18F2N2O3/c1-11(13-4-9-17(24-3)16(20)10-13)21-22-18(23)12(2)25-15-7-5-14(19)6-8-15/h4-10,12H,1-3H3,(H,22,23)/b21-11-/t12-/m1/s1. The molecule has 1 amide bonds. The van der Waals surface area contributed by atoms with Crippen molar-refractivity contribution in [2.75, 3.05) is 7.11 Å². The molecule has 0 aliphatic heterocycles. The molecule has 1 atom stereocenters. The monoisotopic (exact) mass is 348 g/mol. The number of nitrogens with zero attached hydrogens (tertiary/aromatic N) is 1. The number of halogens is 2. The molecule has 0 radical (unpaired) electrons. The lowest BCUT2D eigenvalue weighted by Gasteiger charge is -2.13. The van der Waals surface area contributed by atoms with Crippen LogP contribution >= 0.6 is 0 Å². The van der Waals surface area contributed by atoms with Crippen LogP contribution in [0, 0.1) is 11.6 Å². The predicted molar refractivity (Wildman–Crippen MR) is 89.8 cm³/mol. The fraction of sp³-hybridized carbons (Fsp3) is 0.222. The van der Waals surface area contributed by atoms with E-state index in [1.807, 2.05) is 0 Å². The molecule has 2 aromatic carbocycles. The number of carbonyl (C=O) groups is 1. The van der Waals surface area contributed by atoms with Crippen LogP contribution in [0.4, 0.5) is 8.78 Å². The van der Waals surface area contributed by atoms with Crippen molar-refractivity contribution in [3.8, 4) is 11.5 Å². The van der Waals surface area contributed by atoms with E-state index in [1.165, 1.54) is 50.4 Å². The second-order valence-electron chi connectivity index (χ2n) is 5.24. The molecular weight excluding hydrogens is 330 g/mol. The number of nitrogens with one attached hydrogen (secondary N) is 1. The molecule has 0 heterocycles. The molecule has 0 saturated heterocycles. The minimum atomic E-state index is -0.838. The molecule has 0 saturated carbocycles. The van der Waals surface area contributed by atoms with E-state index in [0.29, 0.717) is 17.0 Å². The van der Waals surface area contributed by atoms with Gasteiger partial charge in [0.15, 0.2) is 17.7 Å². The molecule has 0 fully saturated rings. The molecule has 5 nitrogen and oxygen atoms in total. The van der Waals surface area contributed by atoms with Crippen molar-refractivity contribution in [1.82, 2.24) is 5.43 Å². The Balaban J connectivity index is 1.98. The van der Waals surface area contributed by atoms with Gasteiger partial charge in [-0.25, -0.2) is 14.2 Å². The molecule has 2 rings (SSSR count). The molecular formula is C18H18F2N2O3. The summed E-state index contributed by atoms with van der Waals surface area (Å²) in [7, 11) is 1.38. The van der Waals surface area contributed by atoms with Crippen molar-refractivity contribution < 1.29 is 23.0 Å². The average Bonchev–Trinajstić information content (AvgIpc) is 2.61. The van der Waals surface area contributed by atoms with Gasteiger partial charge in [0.2, 0.25) is 0 Å². The molecule has 0 aliphatic carbocycles. The van der Waals surface area contributed by atoms with Gasteiger partial charge in [-0.05, 0) is 56.3 Å². The summed E-state index contributed by atoms with van der Waals surface area (Å²) in [6.45, 7) is 3.17. The summed E-state index contributed by atoms with van der Waals surface area (Å²) < 4.78 is 36.8. The molecule has 0 spiro atoms. The van der Waals surface area contributed by atoms with Gasteiger partial charge in [0.1, 0.15) is 11.6 Å². The number of amides is 1. The molecule has 7 heteroatoms. The first-order chi connectivity index (χ1) is 11.9. The van der Waals surface area contributed by atoms with Gasteiger partial charge in [-0.2, -0.15) is 5.10 Å². The zero-order valence-electron chi connectivity index (χ0n) is 14.0. The van der Waals surface area contributed by atoms with Gasteiger partial charge in [0.25, 0.3) is 5.91 Å². The third-order valence-electron chi connectivity index (χ3n) is 3.40. The van der Waals surface area contributed by atoms with E-state index in [-0.39, 0.29) is 5.75 Å². The molecule has 0 aromatic heterocycles. The van der Waals surface area contributed by atoms with Crippen LogP contribution in [0.5, 0.6) is 11.5 Å². The number of hydrazone groups is 1. The Labute approximate surface area is 144 Å². The van der Waals surface area contributed by atoms with E-state index in [1.54, 1.807) is 13.0 Å². The van der Waals surface area contributed by atoms with Crippen molar-refractivity contribution in [1.29, 1.82) is 0 Å². The number of ether oxygens (including phenoxy) is 2. The van der Waals surface area contributed by atoms with Crippen LogP contribution in [0.2, 0.25) is 0 Å². The molecule has 0 bridgehead atoms. The van der Waals surface area contributed by atoms with E-state index < -0.39 is 23.6 Å². The average molecular weight is 348 g/mol. The van der Waals surface area contributed by atoms with E-state index >= 15 is 0 Å². The fourth-order valence-corrected chi connectivity index (χ4v) is 1.96. The van der Waals surface area contributed by atoms with Crippen LogP contribution in [-0.4, -0.2) is 24.8 Å². The maximum atomic E-state index is 13.7. The van der Waals surface area contributed by atoms with E-state index in [4.69, 9.17) is 9.47 Å². The Kier molecular flexibility index (Phi) is 6.05. The Hall–Kier alpha value is -2.96. The topological polar surface area (TPSA) is 59.9 Å². The zero-order chi connectivity index (χ0) is 18.4. The van der Waals surface area contributed by atoms with Gasteiger partial charge in [-0.3, -0.25) is 4.79 Å². The Bertz CT molecular complexity index is 776. The highest BCUT2D eigenvalue weighted by Gasteiger charge is 2.14. The summed E-state index contributed by atoms with van der Waals surface area (Å²) in [6, 6.07) is 9.70. The summed E-state index contributed by atoms with van der Waals surface area (Å²) in [6.07, 6.45) is -0.838. The number of carbonyl (C=O) groups excluding carboxylic acids is 1. The van der Waals surface area contributed by atoms with Crippen LogP contribution in [0.1, 0.15) is 19.4 Å². The largest absolute Gasteiger partial charge is 0.494 e. The predicted octanol–water partition coefficient (Wildman–Crippen LogP) is 3.28. The highest BCUT2D eigenvalue weighted by Crippen LogP contribution is 2.18. The zero-order valence-corrected chi connectivity index (χ0v) is 14.0. The third-order valence-corrected chi connectivity index (χ3v) is 3.40. The van der Waals surface area contributed by atoms with Gasteiger partial charge in [-0.15, -0.1) is 0 Å². The van der Waals surface area contributed by atoms with Crippen molar-refractivity contribution in [3.63, 3.8) is 0 Å². The van der Waals surface area contributed by atoms with Gasteiger partial charge in [0.05, 0.1) is 12.8 Å². The van der Waals surface area contributed by atoms with Crippen LogP contribution in [0.3, 0.4) is 0 Å². The summed E-state index contributed by atoms with van der Waals surface area (Å²) in [5.74, 6) is -0.910. The maximum absolute atomic E-state index is 13.7. The van der Waals surface area contributed by atoms with Gasteiger partial charge in [0, 0.05) is 5.56 Å². The molecule has 132 valence electrons. The lowest BCUT2D eigenvalue weighted by atomic mass is 10.1. The third kappa shape index (κ3) is 5.00. The highest BCUT2D eigenvalue weighted by atomic mass is 19.1. The number of hydrogen-bond donors (Lipinski definition) is 1. The van der Waals surface area contributed by atoms with Crippen LogP contribution in [0.15, 0.2) is 47.6 Å². The lowest BCUT2D eigenvalue weighted by molar-refractivity contribution is -0.127. The molecule has 25 heavy (non-hydrogen) atoms. The quantitative estimate of drug-likeness (QED) is 0.644. The van der Waals surface area contributed by atoms with Gasteiger partial charge >= 0.3 is 0 Å². The Morgan fingerprint density at radius 3 is 2.44 bits per heavy atom. The van der Waals surface area contributed by atoms with E-state index in [9.17, 15) is 13.6 Å². The summed E-state index contributed by atoms with van der Waals surface area (Å²) in [4.78, 5) is 12.0. The van der Waals surface area contributed by atoms with Crippen molar-refractivity contribution in [2.45, 2.75) is 20.0 Å². The van der Waals surface area contributed by atoms with Crippen molar-refractivity contribution in [3.05, 3.63) is 59.7 Å². The number of hydrogen-bond acceptors (Lipinski definition) is 4. The molecule has 0 unspecified atom stereocenters. The molecule has 0 aliphatic rings. The van der Waals surface area contributed by atoms with Gasteiger partial charge < -0.3 is 9.47 Å². The van der Waals surface area contributed by atoms with Crippen LogP contribution in [-0.2, 0) is 4.79 Å². The van der Waals surface area contributed by atoms with E-state index in [2.05, 4.69) is 10.5 Å². The summed E-state index contributed by atoms with van der Waals surface area (Å²) in [5.41, 5.74) is 3.28. The summed E-state index contributed by atoms with van der Waals surface area (Å²) >= 11 is 0. The number of rotatable bonds is 6. The maximum Gasteiger partial charge on any atom is 0.280 e. The second kappa shape index (κ2) is 8.23. The molecule has 2 aromatic rings. The van der Waals surface area contributed by atoms with E-state index in [0.717, 1.165) is 0 Å². The normalized spacial score (nSPS) is 12.4. The Morgan fingerprint density at radius 1 is 1.16 bits per heavy atom. The highest BCUT2D eigenvalue weighted by molar-refractivity contribution is 5.99. The Morgan fingerprint density at radius 2 is 1.84 bits per heavy atom. The lowest BCUT2D eigenvalue weighted by Crippen LogP contribution is -2.33. The summed E-state index contributed by atoms with van der Waals surface area (Å²) in [5, 5.41) is 3.94. The van der Waals surface area contributed by atoms with Crippen molar-refractivity contribution >= 4 is 11.6 Å². The fourth-order valence-electron chi connectivity index (χ4n) is 1.96. The smallest absolute Gasteiger partial charge is 0.280 e. The van der Waals surface area contributed by atoms with Gasteiger partial charge in [-0.1, -0.05) is 0 Å². The second-order valence-corrected chi connectivity index (χ2v) is 5.24. The van der Waals surface area contributed by atoms with Crippen LogP contribution in [0.25, 0.3) is 0 Å². The van der Waals surface area contributed by atoms with Crippen molar-refractivity contribution in [2.24, 2.45) is 5.10 Å². The first-order valence-electron chi connectivity index (χ1n) is 7.51. The first-order valence-corrected chi connectivity index (χ1v) is 7.51. The minimum absolute atomic E-state index is 0.127. The number of benzene rings is 2. The minimum Gasteiger partial charge on any atom is -0.494 e. The number of methoxy groups -OCH3 is 1. The first kappa shape index (κ1) is 18.4. The SMILES string of the molecule is COc1ccc(/C(C)=N\NC(=O)[C@@H](C)Oc2ccc(F)cc2)cc1F. The molecule has 1 N–H and O–H groups in total. The van der Waals surface area contributed by atoms with Crippen LogP contribution < -0.4 is 14.9 Å².